The van der Waals surface area contributed by atoms with Crippen LogP contribution in [-0.2, 0) is 6.54 Å². The molecule has 4 heteroatoms. The maximum absolute atomic E-state index is 11.1. The normalized spacial score (nSPS) is 11.0. The topological polar surface area (TPSA) is 62.5 Å². The number of carbonyl (C=O) groups is 1. The quantitative estimate of drug-likeness (QED) is 0.779. The highest BCUT2D eigenvalue weighted by atomic mass is 16.4. The molecule has 0 aliphatic rings. The van der Waals surface area contributed by atoms with E-state index in [4.69, 9.17) is 10.2 Å². The van der Waals surface area contributed by atoms with Crippen molar-refractivity contribution in [3.05, 3.63) is 23.5 Å². The second-order valence-electron chi connectivity index (χ2n) is 3.85. The molecule has 0 aliphatic heterocycles. The van der Waals surface area contributed by atoms with E-state index in [1.165, 1.54) is 0 Å². The molecule has 0 radical (unpaired) electrons. The van der Waals surface area contributed by atoms with E-state index in [0.29, 0.717) is 12.1 Å². The molecule has 2 N–H and O–H groups in total. The van der Waals surface area contributed by atoms with Crippen LogP contribution in [-0.4, -0.2) is 27.4 Å². The third-order valence-corrected chi connectivity index (χ3v) is 2.95. The first-order valence-electron chi connectivity index (χ1n) is 5.68. The number of carboxylic acids is 1. The van der Waals surface area contributed by atoms with Gasteiger partial charge in [-0.25, -0.2) is 4.79 Å². The SMILES string of the molecule is CCC(CC)c1c(C(=O)O)ccn1CCO. The Morgan fingerprint density at radius 1 is 1.44 bits per heavy atom. The molecule has 1 heterocycles. The minimum Gasteiger partial charge on any atom is -0.478 e. The summed E-state index contributed by atoms with van der Waals surface area (Å²) in [6, 6.07) is 1.62. The zero-order valence-electron chi connectivity index (χ0n) is 9.81. The molecule has 0 unspecified atom stereocenters. The van der Waals surface area contributed by atoms with Gasteiger partial charge in [-0.2, -0.15) is 0 Å². The predicted molar refractivity (Wildman–Crippen MR) is 61.8 cm³/mol. The third-order valence-electron chi connectivity index (χ3n) is 2.95. The molecule has 0 amide bonds. The zero-order chi connectivity index (χ0) is 12.1. The summed E-state index contributed by atoms with van der Waals surface area (Å²) < 4.78 is 1.85. The number of aliphatic hydroxyl groups is 1. The van der Waals surface area contributed by atoms with Crippen LogP contribution in [0.3, 0.4) is 0 Å². The number of aromatic nitrogens is 1. The van der Waals surface area contributed by atoms with Crippen LogP contribution in [0, 0.1) is 0 Å². The van der Waals surface area contributed by atoms with Crippen molar-refractivity contribution in [1.82, 2.24) is 4.57 Å². The fourth-order valence-electron chi connectivity index (χ4n) is 2.10. The van der Waals surface area contributed by atoms with Crippen molar-refractivity contribution >= 4 is 5.97 Å². The Bertz CT molecular complexity index is 353. The van der Waals surface area contributed by atoms with E-state index in [9.17, 15) is 4.79 Å². The first kappa shape index (κ1) is 12.8. The Balaban J connectivity index is 3.17. The molecule has 90 valence electrons. The number of nitrogens with zero attached hydrogens (tertiary/aromatic N) is 1. The van der Waals surface area contributed by atoms with Gasteiger partial charge in [-0.15, -0.1) is 0 Å². The van der Waals surface area contributed by atoms with Gasteiger partial charge in [0.05, 0.1) is 12.2 Å². The third kappa shape index (κ3) is 2.44. The van der Waals surface area contributed by atoms with Gasteiger partial charge in [0, 0.05) is 18.4 Å². The summed E-state index contributed by atoms with van der Waals surface area (Å²) in [6.07, 6.45) is 3.56. The average molecular weight is 225 g/mol. The molecule has 0 saturated carbocycles. The van der Waals surface area contributed by atoms with Gasteiger partial charge in [0.25, 0.3) is 0 Å². The molecule has 0 saturated heterocycles. The molecule has 0 atom stereocenters. The Hall–Kier alpha value is -1.29. The summed E-state index contributed by atoms with van der Waals surface area (Å²) in [5.41, 5.74) is 1.20. The lowest BCUT2D eigenvalue weighted by Gasteiger charge is -2.17. The lowest BCUT2D eigenvalue weighted by Crippen LogP contribution is -2.12. The van der Waals surface area contributed by atoms with Crippen LogP contribution in [0.4, 0.5) is 0 Å². The molecule has 0 aromatic carbocycles. The van der Waals surface area contributed by atoms with Gasteiger partial charge in [0.2, 0.25) is 0 Å². The van der Waals surface area contributed by atoms with Crippen LogP contribution in [0.5, 0.6) is 0 Å². The largest absolute Gasteiger partial charge is 0.478 e. The second-order valence-corrected chi connectivity index (χ2v) is 3.85. The molecule has 4 nitrogen and oxygen atoms in total. The van der Waals surface area contributed by atoms with E-state index in [-0.39, 0.29) is 12.5 Å². The number of aromatic carboxylic acids is 1. The van der Waals surface area contributed by atoms with Gasteiger partial charge >= 0.3 is 5.97 Å². The minimum absolute atomic E-state index is 0.0287. The first-order chi connectivity index (χ1) is 7.65. The van der Waals surface area contributed by atoms with Gasteiger partial charge in [-0.3, -0.25) is 0 Å². The van der Waals surface area contributed by atoms with Gasteiger partial charge in [0.1, 0.15) is 0 Å². The smallest absolute Gasteiger partial charge is 0.337 e. The summed E-state index contributed by atoms with van der Waals surface area (Å²) in [5, 5.41) is 18.1. The summed E-state index contributed by atoms with van der Waals surface area (Å²) in [6.45, 7) is 4.59. The molecule has 0 aliphatic carbocycles. The van der Waals surface area contributed by atoms with Crippen LogP contribution in [0.2, 0.25) is 0 Å². The highest BCUT2D eigenvalue weighted by molar-refractivity contribution is 5.89. The number of aliphatic hydroxyl groups excluding tert-OH is 1. The van der Waals surface area contributed by atoms with Crippen molar-refractivity contribution in [2.45, 2.75) is 39.2 Å². The molecular weight excluding hydrogens is 206 g/mol. The van der Waals surface area contributed by atoms with Crippen molar-refractivity contribution in [1.29, 1.82) is 0 Å². The first-order valence-corrected chi connectivity index (χ1v) is 5.68. The monoisotopic (exact) mass is 225 g/mol. The maximum atomic E-state index is 11.1. The summed E-state index contributed by atoms with van der Waals surface area (Å²) >= 11 is 0. The van der Waals surface area contributed by atoms with Crippen molar-refractivity contribution in [3.8, 4) is 0 Å². The van der Waals surface area contributed by atoms with E-state index >= 15 is 0 Å². The zero-order valence-corrected chi connectivity index (χ0v) is 9.81. The Morgan fingerprint density at radius 3 is 2.50 bits per heavy atom. The predicted octanol–water partition coefficient (Wildman–Crippen LogP) is 2.08. The molecule has 0 spiro atoms. The fraction of sp³-hybridized carbons (Fsp3) is 0.583. The molecule has 1 aromatic heterocycles. The molecule has 1 aromatic rings. The Labute approximate surface area is 95.5 Å². The van der Waals surface area contributed by atoms with Gasteiger partial charge in [-0.1, -0.05) is 13.8 Å². The van der Waals surface area contributed by atoms with Gasteiger partial charge in [0.15, 0.2) is 0 Å². The summed E-state index contributed by atoms with van der Waals surface area (Å²) in [7, 11) is 0. The van der Waals surface area contributed by atoms with Crippen LogP contribution in [0.25, 0.3) is 0 Å². The average Bonchev–Trinajstić information content (AvgIpc) is 2.65. The van der Waals surface area contributed by atoms with E-state index in [2.05, 4.69) is 13.8 Å². The van der Waals surface area contributed by atoms with E-state index < -0.39 is 5.97 Å². The molecule has 16 heavy (non-hydrogen) atoms. The van der Waals surface area contributed by atoms with Crippen molar-refractivity contribution in [2.75, 3.05) is 6.61 Å². The highest BCUT2D eigenvalue weighted by Crippen LogP contribution is 2.27. The van der Waals surface area contributed by atoms with Crippen LogP contribution >= 0.6 is 0 Å². The molecule has 1 rings (SSSR count). The van der Waals surface area contributed by atoms with Crippen molar-refractivity contribution in [3.63, 3.8) is 0 Å². The van der Waals surface area contributed by atoms with Gasteiger partial charge < -0.3 is 14.8 Å². The molecule has 0 bridgehead atoms. The number of rotatable bonds is 6. The maximum Gasteiger partial charge on any atom is 0.337 e. The number of hydrogen-bond donors (Lipinski definition) is 2. The number of carboxylic acid groups (broad SMARTS) is 1. The summed E-state index contributed by atoms with van der Waals surface area (Å²) in [4.78, 5) is 11.1. The van der Waals surface area contributed by atoms with Gasteiger partial charge in [-0.05, 0) is 24.8 Å². The highest BCUT2D eigenvalue weighted by Gasteiger charge is 2.20. The summed E-state index contributed by atoms with van der Waals surface area (Å²) in [5.74, 6) is -0.647. The van der Waals surface area contributed by atoms with Crippen molar-refractivity contribution in [2.24, 2.45) is 0 Å². The number of hydrogen-bond acceptors (Lipinski definition) is 2. The van der Waals surface area contributed by atoms with E-state index in [1.807, 2.05) is 4.57 Å². The van der Waals surface area contributed by atoms with Crippen LogP contribution < -0.4 is 0 Å². The van der Waals surface area contributed by atoms with E-state index in [1.54, 1.807) is 12.3 Å². The lowest BCUT2D eigenvalue weighted by molar-refractivity contribution is 0.0694. The Morgan fingerprint density at radius 2 is 2.06 bits per heavy atom. The molecule has 0 fully saturated rings. The van der Waals surface area contributed by atoms with E-state index in [0.717, 1.165) is 18.5 Å². The standard InChI is InChI=1S/C12H19NO3/c1-3-9(4-2)11-10(12(15)16)5-6-13(11)7-8-14/h5-6,9,14H,3-4,7-8H2,1-2H3,(H,15,16). The molecular formula is C12H19NO3. The minimum atomic E-state index is -0.890. The van der Waals surface area contributed by atoms with Crippen molar-refractivity contribution < 1.29 is 15.0 Å². The van der Waals surface area contributed by atoms with Crippen LogP contribution in [0.15, 0.2) is 12.3 Å². The van der Waals surface area contributed by atoms with Crippen LogP contribution in [0.1, 0.15) is 48.7 Å². The fourth-order valence-corrected chi connectivity index (χ4v) is 2.10. The Kier molecular flexibility index (Phi) is 4.55. The lowest BCUT2D eigenvalue weighted by atomic mass is 9.96. The second kappa shape index (κ2) is 5.70.